The van der Waals surface area contributed by atoms with E-state index in [9.17, 15) is 0 Å². The molecule has 0 saturated heterocycles. The molecular weight excluding hydrogens is 350 g/mol. The second-order valence-corrected chi connectivity index (χ2v) is 7.21. The number of aryl methyl sites for hydroxylation is 1. The van der Waals surface area contributed by atoms with Gasteiger partial charge in [-0.25, -0.2) is 9.97 Å². The summed E-state index contributed by atoms with van der Waals surface area (Å²) in [5, 5.41) is 0. The molecule has 114 valence electrons. The maximum absolute atomic E-state index is 5.97. The van der Waals surface area contributed by atoms with E-state index in [4.69, 9.17) is 16.6 Å². The molecule has 5 heteroatoms. The van der Waals surface area contributed by atoms with Gasteiger partial charge in [0.2, 0.25) is 0 Å². The number of nitrogens with zero attached hydrogens (tertiary/aromatic N) is 3. The van der Waals surface area contributed by atoms with Crippen molar-refractivity contribution in [1.82, 2.24) is 14.5 Å². The molecule has 1 saturated carbocycles. The highest BCUT2D eigenvalue weighted by molar-refractivity contribution is 9.10. The van der Waals surface area contributed by atoms with Crippen LogP contribution in [0, 0.1) is 5.92 Å². The molecule has 0 spiro atoms. The molecule has 2 aromatic rings. The normalized spacial score (nSPS) is 22.8. The topological polar surface area (TPSA) is 30.7 Å². The average Bonchev–Trinajstić information content (AvgIpc) is 2.85. The molecule has 0 radical (unpaired) electrons. The van der Waals surface area contributed by atoms with E-state index in [0.717, 1.165) is 33.8 Å². The highest BCUT2D eigenvalue weighted by Gasteiger charge is 2.25. The molecule has 1 fully saturated rings. The Kier molecular flexibility index (Phi) is 4.85. The third-order valence-electron chi connectivity index (χ3n) is 4.65. The first kappa shape index (κ1) is 15.3. The first-order chi connectivity index (χ1) is 10.2. The second-order valence-electron chi connectivity index (χ2n) is 5.92. The summed E-state index contributed by atoms with van der Waals surface area (Å²) in [5.74, 6) is 2.59. The SMILES string of the molecule is CCC1CCC(n2c(CCCl)nc3cc(Br)cnc32)CC1. The van der Waals surface area contributed by atoms with Gasteiger partial charge in [-0.3, -0.25) is 0 Å². The summed E-state index contributed by atoms with van der Waals surface area (Å²) >= 11 is 9.45. The lowest BCUT2D eigenvalue weighted by Gasteiger charge is -2.29. The number of halogens is 2. The van der Waals surface area contributed by atoms with Crippen LogP contribution in [0.4, 0.5) is 0 Å². The van der Waals surface area contributed by atoms with Crippen molar-refractivity contribution in [2.24, 2.45) is 5.92 Å². The van der Waals surface area contributed by atoms with Gasteiger partial charge in [0, 0.05) is 29.0 Å². The monoisotopic (exact) mass is 369 g/mol. The summed E-state index contributed by atoms with van der Waals surface area (Å²) in [6.07, 6.45) is 9.08. The minimum Gasteiger partial charge on any atom is -0.310 e. The van der Waals surface area contributed by atoms with Crippen LogP contribution >= 0.6 is 27.5 Å². The standard InChI is InChI=1S/C16H21BrClN3/c1-2-11-3-5-13(6-4-11)21-15(7-8-18)20-14-9-12(17)10-19-16(14)21/h9-11,13H,2-8H2,1H3. The van der Waals surface area contributed by atoms with Crippen LogP contribution in [0.5, 0.6) is 0 Å². The predicted molar refractivity (Wildman–Crippen MR) is 90.9 cm³/mol. The van der Waals surface area contributed by atoms with Gasteiger partial charge in [-0.15, -0.1) is 11.6 Å². The van der Waals surface area contributed by atoms with E-state index in [1.165, 1.54) is 32.1 Å². The first-order valence-corrected chi connectivity index (χ1v) is 9.14. The van der Waals surface area contributed by atoms with Crippen LogP contribution in [0.15, 0.2) is 16.7 Å². The lowest BCUT2D eigenvalue weighted by atomic mass is 9.84. The Balaban J connectivity index is 1.97. The Labute approximate surface area is 139 Å². The van der Waals surface area contributed by atoms with Gasteiger partial charge in [-0.05, 0) is 53.6 Å². The van der Waals surface area contributed by atoms with Gasteiger partial charge in [-0.2, -0.15) is 0 Å². The Morgan fingerprint density at radius 1 is 1.33 bits per heavy atom. The molecular formula is C16H21BrClN3. The van der Waals surface area contributed by atoms with E-state index < -0.39 is 0 Å². The van der Waals surface area contributed by atoms with E-state index in [-0.39, 0.29) is 0 Å². The summed E-state index contributed by atoms with van der Waals surface area (Å²) in [6, 6.07) is 2.58. The van der Waals surface area contributed by atoms with Crippen molar-refractivity contribution in [3.63, 3.8) is 0 Å². The van der Waals surface area contributed by atoms with Gasteiger partial charge in [0.05, 0.1) is 0 Å². The zero-order chi connectivity index (χ0) is 14.8. The quantitative estimate of drug-likeness (QED) is 0.700. The van der Waals surface area contributed by atoms with E-state index in [1.807, 2.05) is 12.3 Å². The smallest absolute Gasteiger partial charge is 0.160 e. The average molecular weight is 371 g/mol. The minimum absolute atomic E-state index is 0.532. The van der Waals surface area contributed by atoms with Gasteiger partial charge >= 0.3 is 0 Å². The van der Waals surface area contributed by atoms with Crippen molar-refractivity contribution < 1.29 is 0 Å². The summed E-state index contributed by atoms with van der Waals surface area (Å²) in [7, 11) is 0. The third-order valence-corrected chi connectivity index (χ3v) is 5.27. The molecule has 2 aromatic heterocycles. The molecule has 0 atom stereocenters. The summed E-state index contributed by atoms with van der Waals surface area (Å²) in [6.45, 7) is 2.30. The second kappa shape index (κ2) is 6.66. The number of hydrogen-bond acceptors (Lipinski definition) is 2. The number of hydrogen-bond donors (Lipinski definition) is 0. The molecule has 0 aromatic carbocycles. The van der Waals surface area contributed by atoms with Crippen LogP contribution in [0.25, 0.3) is 11.2 Å². The number of rotatable bonds is 4. The maximum atomic E-state index is 5.97. The van der Waals surface area contributed by atoms with Gasteiger partial charge in [0.25, 0.3) is 0 Å². The van der Waals surface area contributed by atoms with Crippen LogP contribution in [0.2, 0.25) is 0 Å². The van der Waals surface area contributed by atoms with Crippen LogP contribution in [-0.2, 0) is 6.42 Å². The molecule has 21 heavy (non-hydrogen) atoms. The molecule has 3 rings (SSSR count). The van der Waals surface area contributed by atoms with Crippen LogP contribution in [0.1, 0.15) is 50.9 Å². The Bertz CT molecular complexity index is 617. The molecule has 1 aliphatic rings. The van der Waals surface area contributed by atoms with Gasteiger partial charge in [-0.1, -0.05) is 13.3 Å². The fourth-order valence-corrected chi connectivity index (χ4v) is 3.95. The van der Waals surface area contributed by atoms with Gasteiger partial charge in [0.1, 0.15) is 11.3 Å². The number of aromatic nitrogens is 3. The van der Waals surface area contributed by atoms with Crippen molar-refractivity contribution in [3.8, 4) is 0 Å². The first-order valence-electron chi connectivity index (χ1n) is 7.81. The van der Waals surface area contributed by atoms with Crippen molar-refractivity contribution in [3.05, 3.63) is 22.6 Å². The fourth-order valence-electron chi connectivity index (χ4n) is 3.46. The number of pyridine rings is 1. The zero-order valence-electron chi connectivity index (χ0n) is 12.4. The molecule has 0 unspecified atom stereocenters. The van der Waals surface area contributed by atoms with Crippen LogP contribution in [-0.4, -0.2) is 20.4 Å². The van der Waals surface area contributed by atoms with E-state index in [2.05, 4.69) is 32.4 Å². The Morgan fingerprint density at radius 3 is 2.76 bits per heavy atom. The fraction of sp³-hybridized carbons (Fsp3) is 0.625. The summed E-state index contributed by atoms with van der Waals surface area (Å²) in [5.41, 5.74) is 1.99. The largest absolute Gasteiger partial charge is 0.310 e. The van der Waals surface area contributed by atoms with E-state index in [0.29, 0.717) is 11.9 Å². The number of alkyl halides is 1. The Morgan fingerprint density at radius 2 is 2.10 bits per heavy atom. The predicted octanol–water partition coefficient (Wildman–Crippen LogP) is 5.12. The van der Waals surface area contributed by atoms with Crippen molar-refractivity contribution in [1.29, 1.82) is 0 Å². The van der Waals surface area contributed by atoms with Gasteiger partial charge in [0.15, 0.2) is 5.65 Å². The van der Waals surface area contributed by atoms with Crippen molar-refractivity contribution in [2.75, 3.05) is 5.88 Å². The minimum atomic E-state index is 0.532. The molecule has 2 heterocycles. The maximum Gasteiger partial charge on any atom is 0.160 e. The van der Waals surface area contributed by atoms with Crippen LogP contribution < -0.4 is 0 Å². The van der Waals surface area contributed by atoms with Crippen LogP contribution in [0.3, 0.4) is 0 Å². The molecule has 0 N–H and O–H groups in total. The van der Waals surface area contributed by atoms with E-state index >= 15 is 0 Å². The number of fused-ring (bicyclic) bond motifs is 1. The lowest BCUT2D eigenvalue weighted by molar-refractivity contribution is 0.269. The Hall–Kier alpha value is -0.610. The van der Waals surface area contributed by atoms with E-state index in [1.54, 1.807) is 0 Å². The van der Waals surface area contributed by atoms with Gasteiger partial charge < -0.3 is 4.57 Å². The van der Waals surface area contributed by atoms with Crippen molar-refractivity contribution >= 4 is 38.7 Å². The molecule has 0 aliphatic heterocycles. The number of imidazole rings is 1. The molecule has 0 amide bonds. The van der Waals surface area contributed by atoms with Crippen molar-refractivity contribution in [2.45, 2.75) is 51.5 Å². The molecule has 1 aliphatic carbocycles. The highest BCUT2D eigenvalue weighted by Crippen LogP contribution is 2.36. The molecule has 3 nitrogen and oxygen atoms in total. The zero-order valence-corrected chi connectivity index (χ0v) is 14.7. The summed E-state index contributed by atoms with van der Waals surface area (Å²) < 4.78 is 3.34. The molecule has 0 bridgehead atoms. The lowest BCUT2D eigenvalue weighted by Crippen LogP contribution is -2.20. The summed E-state index contributed by atoms with van der Waals surface area (Å²) in [4.78, 5) is 9.37. The highest BCUT2D eigenvalue weighted by atomic mass is 79.9. The third kappa shape index (κ3) is 3.11.